The zero-order valence-electron chi connectivity index (χ0n) is 14.9. The SMILES string of the molecule is Cc1c(-c2cccc(S(C)(=O)=O)c2)sc2c(N3CCOCC3)nc(Cl)nc12. The van der Waals surface area contributed by atoms with Gasteiger partial charge in [0.25, 0.3) is 0 Å². The molecule has 0 atom stereocenters. The Kier molecular flexibility index (Phi) is 4.84. The second kappa shape index (κ2) is 7.01. The van der Waals surface area contributed by atoms with Gasteiger partial charge in [0.05, 0.1) is 28.3 Å². The van der Waals surface area contributed by atoms with Crippen LogP contribution in [0.25, 0.3) is 20.7 Å². The van der Waals surface area contributed by atoms with Crippen molar-refractivity contribution >= 4 is 48.8 Å². The van der Waals surface area contributed by atoms with Crippen molar-refractivity contribution in [1.29, 1.82) is 0 Å². The van der Waals surface area contributed by atoms with Crippen molar-refractivity contribution in [3.05, 3.63) is 35.1 Å². The van der Waals surface area contributed by atoms with Crippen molar-refractivity contribution in [3.63, 3.8) is 0 Å². The van der Waals surface area contributed by atoms with Crippen LogP contribution in [-0.2, 0) is 14.6 Å². The second-order valence-corrected chi connectivity index (χ2v) is 9.82. The summed E-state index contributed by atoms with van der Waals surface area (Å²) in [5.74, 6) is 0.812. The molecule has 4 rings (SSSR count). The lowest BCUT2D eigenvalue weighted by Gasteiger charge is -2.28. The predicted molar refractivity (Wildman–Crippen MR) is 109 cm³/mol. The van der Waals surface area contributed by atoms with E-state index in [1.54, 1.807) is 29.5 Å². The Morgan fingerprint density at radius 2 is 1.96 bits per heavy atom. The van der Waals surface area contributed by atoms with Crippen molar-refractivity contribution in [2.24, 2.45) is 0 Å². The number of sulfone groups is 1. The molecule has 0 aliphatic carbocycles. The maximum Gasteiger partial charge on any atom is 0.224 e. The number of rotatable bonds is 3. The third-order valence-electron chi connectivity index (χ3n) is 4.56. The minimum absolute atomic E-state index is 0.210. The fraction of sp³-hybridized carbons (Fsp3) is 0.333. The summed E-state index contributed by atoms with van der Waals surface area (Å²) in [5, 5.41) is 0.210. The highest BCUT2D eigenvalue weighted by Crippen LogP contribution is 2.42. The van der Waals surface area contributed by atoms with Gasteiger partial charge in [0, 0.05) is 24.2 Å². The van der Waals surface area contributed by atoms with Crippen LogP contribution in [0.2, 0.25) is 5.28 Å². The minimum Gasteiger partial charge on any atom is -0.378 e. The summed E-state index contributed by atoms with van der Waals surface area (Å²) in [4.78, 5) is 12.3. The lowest BCUT2D eigenvalue weighted by atomic mass is 10.1. The van der Waals surface area contributed by atoms with Crippen LogP contribution in [0.3, 0.4) is 0 Å². The Balaban J connectivity index is 1.90. The van der Waals surface area contributed by atoms with E-state index >= 15 is 0 Å². The number of benzene rings is 1. The zero-order chi connectivity index (χ0) is 19.2. The van der Waals surface area contributed by atoms with Gasteiger partial charge in [-0.05, 0) is 41.8 Å². The molecule has 27 heavy (non-hydrogen) atoms. The smallest absolute Gasteiger partial charge is 0.224 e. The number of nitrogens with zero attached hydrogens (tertiary/aromatic N) is 3. The molecule has 3 heterocycles. The lowest BCUT2D eigenvalue weighted by Crippen LogP contribution is -2.36. The van der Waals surface area contributed by atoms with Crippen LogP contribution in [0.5, 0.6) is 0 Å². The molecular weight excluding hydrogens is 406 g/mol. The third kappa shape index (κ3) is 3.54. The Morgan fingerprint density at radius 1 is 1.22 bits per heavy atom. The first-order valence-corrected chi connectivity index (χ1v) is 11.5. The van der Waals surface area contributed by atoms with Crippen molar-refractivity contribution in [1.82, 2.24) is 9.97 Å². The Morgan fingerprint density at radius 3 is 2.67 bits per heavy atom. The maximum atomic E-state index is 11.9. The van der Waals surface area contributed by atoms with E-state index in [1.165, 1.54) is 6.26 Å². The third-order valence-corrected chi connectivity index (χ3v) is 7.16. The number of hydrogen-bond donors (Lipinski definition) is 0. The molecule has 2 aromatic heterocycles. The molecule has 0 saturated carbocycles. The van der Waals surface area contributed by atoms with Gasteiger partial charge in [-0.1, -0.05) is 12.1 Å². The summed E-state index contributed by atoms with van der Waals surface area (Å²) in [5.41, 5.74) is 2.63. The first kappa shape index (κ1) is 18.6. The van der Waals surface area contributed by atoms with E-state index in [2.05, 4.69) is 14.9 Å². The van der Waals surface area contributed by atoms with Gasteiger partial charge in [-0.25, -0.2) is 13.4 Å². The number of anilines is 1. The van der Waals surface area contributed by atoms with Crippen LogP contribution >= 0.6 is 22.9 Å². The van der Waals surface area contributed by atoms with Gasteiger partial charge >= 0.3 is 0 Å². The van der Waals surface area contributed by atoms with Gasteiger partial charge < -0.3 is 9.64 Å². The van der Waals surface area contributed by atoms with Gasteiger partial charge in [-0.3, -0.25) is 0 Å². The highest BCUT2D eigenvalue weighted by molar-refractivity contribution is 7.90. The van der Waals surface area contributed by atoms with Crippen LogP contribution in [0, 0.1) is 6.92 Å². The number of halogens is 1. The van der Waals surface area contributed by atoms with Gasteiger partial charge in [0.15, 0.2) is 15.7 Å². The number of aromatic nitrogens is 2. The van der Waals surface area contributed by atoms with Crippen LogP contribution < -0.4 is 4.90 Å². The second-order valence-electron chi connectivity index (χ2n) is 6.45. The summed E-state index contributed by atoms with van der Waals surface area (Å²) in [7, 11) is -3.27. The monoisotopic (exact) mass is 423 g/mol. The van der Waals surface area contributed by atoms with E-state index in [0.717, 1.165) is 45.1 Å². The van der Waals surface area contributed by atoms with Crippen LogP contribution in [-0.4, -0.2) is 50.9 Å². The largest absolute Gasteiger partial charge is 0.378 e. The average molecular weight is 424 g/mol. The molecule has 1 saturated heterocycles. The van der Waals surface area contributed by atoms with Crippen molar-refractivity contribution in [3.8, 4) is 10.4 Å². The molecule has 9 heteroatoms. The van der Waals surface area contributed by atoms with Gasteiger partial charge in [-0.15, -0.1) is 11.3 Å². The van der Waals surface area contributed by atoms with Crippen molar-refractivity contribution < 1.29 is 13.2 Å². The first-order chi connectivity index (χ1) is 12.8. The molecule has 6 nitrogen and oxygen atoms in total. The number of thiophene rings is 1. The molecule has 142 valence electrons. The topological polar surface area (TPSA) is 72.4 Å². The van der Waals surface area contributed by atoms with Gasteiger partial charge in [0.2, 0.25) is 5.28 Å². The molecule has 0 amide bonds. The van der Waals surface area contributed by atoms with E-state index in [1.807, 2.05) is 13.0 Å². The maximum absolute atomic E-state index is 11.9. The number of morpholine rings is 1. The summed E-state index contributed by atoms with van der Waals surface area (Å²) >= 11 is 7.76. The van der Waals surface area contributed by atoms with E-state index in [-0.39, 0.29) is 5.28 Å². The summed E-state index contributed by atoms with van der Waals surface area (Å²) in [6.45, 7) is 4.78. The number of fused-ring (bicyclic) bond motifs is 1. The molecule has 1 aliphatic rings. The number of ether oxygens (including phenoxy) is 1. The highest BCUT2D eigenvalue weighted by atomic mass is 35.5. The lowest BCUT2D eigenvalue weighted by molar-refractivity contribution is 0.122. The summed E-state index contributed by atoms with van der Waals surface area (Å²) < 4.78 is 30.2. The fourth-order valence-electron chi connectivity index (χ4n) is 3.18. The molecule has 1 fully saturated rings. The quantitative estimate of drug-likeness (QED) is 0.600. The normalized spacial score (nSPS) is 15.4. The molecule has 1 aliphatic heterocycles. The fourth-order valence-corrected chi connectivity index (χ4v) is 5.27. The molecule has 1 aromatic carbocycles. The van der Waals surface area contributed by atoms with Crippen molar-refractivity contribution in [2.45, 2.75) is 11.8 Å². The molecule has 0 radical (unpaired) electrons. The van der Waals surface area contributed by atoms with Gasteiger partial charge in [0.1, 0.15) is 0 Å². The minimum atomic E-state index is -3.27. The van der Waals surface area contributed by atoms with E-state index < -0.39 is 9.84 Å². The van der Waals surface area contributed by atoms with E-state index in [9.17, 15) is 8.42 Å². The van der Waals surface area contributed by atoms with Crippen LogP contribution in [0.4, 0.5) is 5.82 Å². The van der Waals surface area contributed by atoms with Crippen molar-refractivity contribution in [2.75, 3.05) is 37.5 Å². The van der Waals surface area contributed by atoms with Crippen LogP contribution in [0.1, 0.15) is 5.56 Å². The Bertz CT molecular complexity index is 1120. The molecular formula is C18H18ClN3O3S2. The number of hydrogen-bond acceptors (Lipinski definition) is 7. The Labute approximate surface area is 166 Å². The molecule has 0 spiro atoms. The van der Waals surface area contributed by atoms with E-state index in [0.29, 0.717) is 18.1 Å². The standard InChI is InChI=1S/C18H18ClN3O3S2/c1-11-14-16(17(21-18(19)20-14)22-6-8-25-9-7-22)26-15(11)12-4-3-5-13(10-12)27(2,23)24/h3-5,10H,6-9H2,1-2H3. The first-order valence-electron chi connectivity index (χ1n) is 8.44. The average Bonchev–Trinajstić information content (AvgIpc) is 2.98. The van der Waals surface area contributed by atoms with Gasteiger partial charge in [-0.2, -0.15) is 4.98 Å². The number of aryl methyl sites for hydroxylation is 1. The molecule has 3 aromatic rings. The summed E-state index contributed by atoms with van der Waals surface area (Å²) in [6.07, 6.45) is 1.21. The predicted octanol–water partition coefficient (Wildman–Crippen LogP) is 3.56. The molecule has 0 bridgehead atoms. The highest BCUT2D eigenvalue weighted by Gasteiger charge is 2.22. The molecule has 0 unspecified atom stereocenters. The van der Waals surface area contributed by atoms with Crippen LogP contribution in [0.15, 0.2) is 29.2 Å². The molecule has 0 N–H and O–H groups in total. The Hall–Kier alpha value is -1.74. The van der Waals surface area contributed by atoms with E-state index in [4.69, 9.17) is 16.3 Å². The summed E-state index contributed by atoms with van der Waals surface area (Å²) in [6, 6.07) is 6.99. The zero-order valence-corrected chi connectivity index (χ0v) is 17.3.